The Kier molecular flexibility index (Phi) is 85.9. The number of aromatic nitrogens is 3. The summed E-state index contributed by atoms with van der Waals surface area (Å²) in [5, 5.41) is 23.0. The SMILES string of the molecule is COCCOCCOCCOCCOCCOCCOCCOCCOCCOCCOCCOCCOCCOCCOCCOCCOCCOC(C)C1=C(C)C2=NC1/C=c1\[nH]/c(c(CCC(=O)O)c1C)=C\c1[nH]c(c(C)c1CCC(=O)O)/C=c1\[nH]/c(c(C(C)OCCOCCOCCOCCOCCOCCOCCOCCOCCOCCOCCOCCOCCOCCOCCOCCOCCOC)c1C)=C\2. The van der Waals surface area contributed by atoms with E-state index in [1.807, 2.05) is 39.8 Å². The van der Waals surface area contributed by atoms with Crippen LogP contribution in [0.15, 0.2) is 16.1 Å². The fourth-order valence-electron chi connectivity index (χ4n) is 14.4. The number of H-pyrrole nitrogens is 3. The minimum absolute atomic E-state index is 0.0886. The first-order valence-corrected chi connectivity index (χ1v) is 52.3. The predicted octanol–water partition coefficient (Wildman–Crippen LogP) is 3.31. The first-order valence-electron chi connectivity index (χ1n) is 52.3. The lowest BCUT2D eigenvalue weighted by molar-refractivity contribution is -0.138. The van der Waals surface area contributed by atoms with Crippen molar-refractivity contribution in [2.75, 3.05) is 463 Å². The second kappa shape index (κ2) is 95.8. The smallest absolute Gasteiger partial charge is 0.303 e. The highest BCUT2D eigenvalue weighted by Crippen LogP contribution is 2.30. The highest BCUT2D eigenvalue weighted by molar-refractivity contribution is 6.22. The van der Waals surface area contributed by atoms with Gasteiger partial charge in [0.05, 0.1) is 473 Å². The van der Waals surface area contributed by atoms with Crippen molar-refractivity contribution in [3.8, 4) is 0 Å². The maximum absolute atomic E-state index is 12.1. The number of fused-ring (bicyclic) bond motifs is 7. The fourth-order valence-corrected chi connectivity index (χ4v) is 14.4. The van der Waals surface area contributed by atoms with Gasteiger partial charge in [0, 0.05) is 65.4 Å². The summed E-state index contributed by atoms with van der Waals surface area (Å²) >= 11 is 0. The van der Waals surface area contributed by atoms with Crippen LogP contribution in [0.5, 0.6) is 0 Å². The Morgan fingerprint density at radius 2 is 0.480 bits per heavy atom. The number of ether oxygens (including phenoxy) is 36. The second-order valence-corrected chi connectivity index (χ2v) is 33.1. The van der Waals surface area contributed by atoms with Gasteiger partial charge in [0.25, 0.3) is 0 Å². The summed E-state index contributed by atoms with van der Waals surface area (Å²) in [7, 11) is 3.28. The quantitative estimate of drug-likeness (QED) is 0.0506. The third kappa shape index (κ3) is 69.2. The van der Waals surface area contributed by atoms with Gasteiger partial charge in [0.1, 0.15) is 0 Å². The number of aliphatic carboxylic acids is 2. The molecule has 8 bridgehead atoms. The Bertz CT molecular complexity index is 3970. The number of nitrogens with zero attached hydrogens (tertiary/aromatic N) is 1. The monoisotopic (exact) mass is 2130 g/mol. The number of methoxy groups -OCH3 is 2. The third-order valence-corrected chi connectivity index (χ3v) is 22.1. The molecule has 5 heterocycles. The highest BCUT2D eigenvalue weighted by Gasteiger charge is 2.30. The van der Waals surface area contributed by atoms with E-state index in [0.29, 0.717) is 449 Å². The molecule has 2 aliphatic heterocycles. The molecule has 3 aromatic rings. The number of hydrogen-bond acceptors (Lipinski definition) is 39. The maximum atomic E-state index is 12.1. The zero-order valence-electron chi connectivity index (χ0n) is 89.8. The van der Waals surface area contributed by atoms with Crippen LogP contribution in [0.3, 0.4) is 0 Å². The standard InChI is InChI=1S/C104H180N4O40/c1-85-91(9-11-101(109)110)97-84-98-92(10-12-102(111)112)86(2)94(106-98)82-99-104(90(6)148-80-78-146-76-74-144-72-70-142-68-66-140-64-62-138-60-58-136-56-54-134-52-50-132-48-46-130-44-42-128-40-38-126-36-34-124-32-30-122-28-26-120-24-22-118-20-18-116-16-14-114-8)88(4)96(108-99)83-100-103(87(3)95(107-100)81-93(85)105-97)89(5)147-79-77-145-75-73-143-71-69-141-67-65-139-63-61-137-59-57-135-55-53-133-51-49-131-47-45-129-43-41-127-39-37-125-35-33-123-31-29-121-27-25-119-23-21-117-19-17-115-15-13-113-7/h81-84,89-90,99,105-107H,9-80H2,1-8H3,(H,109,110)(H,111,112)/b94-82-,95-81-,98-84-,100-83-. The molecule has 148 heavy (non-hydrogen) atoms. The molecule has 0 amide bonds. The number of nitrogens with one attached hydrogen (secondary N) is 3. The first kappa shape index (κ1) is 133. The molecule has 44 nitrogen and oxygen atoms in total. The molecule has 0 spiro atoms. The van der Waals surface area contributed by atoms with Crippen LogP contribution in [-0.2, 0) is 193 Å². The Balaban J connectivity index is 0.857. The molecular weight excluding hydrogens is 1950 g/mol. The van der Waals surface area contributed by atoms with Gasteiger partial charge >= 0.3 is 11.9 Å². The molecule has 0 aromatic carbocycles. The van der Waals surface area contributed by atoms with Crippen LogP contribution >= 0.6 is 0 Å². The number of aliphatic imine (C=N–C) groups is 1. The average molecular weight is 2130 g/mol. The lowest BCUT2D eigenvalue weighted by Crippen LogP contribution is -2.23. The van der Waals surface area contributed by atoms with Crippen LogP contribution in [0.4, 0.5) is 0 Å². The van der Waals surface area contributed by atoms with E-state index in [9.17, 15) is 19.8 Å². The summed E-state index contributed by atoms with van der Waals surface area (Å²) in [5.41, 5.74) is 9.50. The molecule has 2 aliphatic rings. The summed E-state index contributed by atoms with van der Waals surface area (Å²) in [5.74, 6) is -1.84. The van der Waals surface area contributed by atoms with E-state index in [-0.39, 0.29) is 25.7 Å². The lowest BCUT2D eigenvalue weighted by atomic mass is 9.97. The van der Waals surface area contributed by atoms with Crippen molar-refractivity contribution in [2.45, 2.75) is 85.5 Å². The topological polar surface area (TPSA) is 467 Å². The zero-order chi connectivity index (χ0) is 106. The van der Waals surface area contributed by atoms with Gasteiger partial charge in [-0.1, -0.05) is 0 Å². The first-order chi connectivity index (χ1) is 72.8. The van der Waals surface area contributed by atoms with Crippen LogP contribution < -0.4 is 21.4 Å². The van der Waals surface area contributed by atoms with E-state index >= 15 is 0 Å². The maximum Gasteiger partial charge on any atom is 0.303 e. The minimum atomic E-state index is -0.922. The summed E-state index contributed by atoms with van der Waals surface area (Å²) in [6, 6.07) is -0.485. The summed E-state index contributed by atoms with van der Waals surface area (Å²) in [6.45, 7) is 43.3. The highest BCUT2D eigenvalue weighted by atomic mass is 16.6. The van der Waals surface area contributed by atoms with E-state index in [4.69, 9.17) is 176 Å². The van der Waals surface area contributed by atoms with E-state index in [1.54, 1.807) is 14.2 Å². The van der Waals surface area contributed by atoms with E-state index in [0.717, 1.165) is 83.0 Å². The largest absolute Gasteiger partial charge is 0.481 e. The lowest BCUT2D eigenvalue weighted by Gasteiger charge is -2.19. The van der Waals surface area contributed by atoms with Gasteiger partial charge in [-0.15, -0.1) is 0 Å². The van der Waals surface area contributed by atoms with Gasteiger partial charge in [-0.25, -0.2) is 0 Å². The Hall–Kier alpha value is -5.77. The summed E-state index contributed by atoms with van der Waals surface area (Å²) < 4.78 is 202. The molecule has 0 saturated heterocycles. The molecule has 0 aliphatic carbocycles. The van der Waals surface area contributed by atoms with Gasteiger partial charge in [-0.2, -0.15) is 0 Å². The molecule has 856 valence electrons. The van der Waals surface area contributed by atoms with Gasteiger partial charge in [-0.05, 0) is 118 Å². The molecule has 5 N–H and O–H groups in total. The Morgan fingerprint density at radius 1 is 0.257 bits per heavy atom. The molecule has 3 atom stereocenters. The minimum Gasteiger partial charge on any atom is -0.481 e. The van der Waals surface area contributed by atoms with Crippen molar-refractivity contribution in [3.63, 3.8) is 0 Å². The van der Waals surface area contributed by atoms with Gasteiger partial charge in [0.15, 0.2) is 0 Å². The third-order valence-electron chi connectivity index (χ3n) is 22.1. The molecule has 5 rings (SSSR count). The van der Waals surface area contributed by atoms with Crippen molar-refractivity contribution >= 4 is 42.0 Å². The number of rotatable bonds is 112. The summed E-state index contributed by atoms with van der Waals surface area (Å²) in [6.07, 6.45) is 7.70. The van der Waals surface area contributed by atoms with Crippen molar-refractivity contribution in [1.29, 1.82) is 0 Å². The van der Waals surface area contributed by atoms with E-state index in [2.05, 4.69) is 41.0 Å². The molecule has 0 fully saturated rings. The molecule has 44 heteroatoms. The number of aromatic amines is 3. The van der Waals surface area contributed by atoms with Gasteiger partial charge in [-0.3, -0.25) is 14.6 Å². The number of hydrogen-bond donors (Lipinski definition) is 5. The normalized spacial score (nSPS) is 14.5. The Labute approximate surface area is 874 Å². The van der Waals surface area contributed by atoms with Crippen molar-refractivity contribution in [2.24, 2.45) is 4.99 Å². The van der Waals surface area contributed by atoms with Crippen LogP contribution in [0, 0.1) is 20.8 Å². The fraction of sp³-hybridized carbons (Fsp3) is 0.798. The predicted molar refractivity (Wildman–Crippen MR) is 547 cm³/mol. The number of carboxylic acids is 2. The molecule has 0 saturated carbocycles. The zero-order valence-corrected chi connectivity index (χ0v) is 89.8. The second-order valence-electron chi connectivity index (χ2n) is 33.1. The number of carbonyl (C=O) groups is 2. The molecular formula is C104H180N4O40. The number of allylic oxidation sites excluding steroid dienone is 1. The number of carboxylic acid groups (broad SMARTS) is 2. The van der Waals surface area contributed by atoms with Crippen LogP contribution in [-0.4, -0.2) is 518 Å². The Morgan fingerprint density at radius 3 is 0.730 bits per heavy atom. The molecule has 3 aromatic heterocycles. The summed E-state index contributed by atoms with van der Waals surface area (Å²) in [4.78, 5) is 40.6. The van der Waals surface area contributed by atoms with Crippen molar-refractivity contribution < 1.29 is 190 Å². The van der Waals surface area contributed by atoms with E-state index < -0.39 is 30.2 Å². The molecule has 3 unspecified atom stereocenters. The molecule has 0 radical (unpaired) electrons. The van der Waals surface area contributed by atoms with Crippen LogP contribution in [0.25, 0.3) is 24.3 Å². The van der Waals surface area contributed by atoms with Gasteiger partial charge < -0.3 is 196 Å². The van der Waals surface area contributed by atoms with Crippen LogP contribution in [0.2, 0.25) is 0 Å². The van der Waals surface area contributed by atoms with Gasteiger partial charge in [0.2, 0.25) is 0 Å². The van der Waals surface area contributed by atoms with Crippen molar-refractivity contribution in [3.05, 3.63) is 77.3 Å². The van der Waals surface area contributed by atoms with Crippen molar-refractivity contribution in [1.82, 2.24) is 15.0 Å². The average Bonchev–Trinajstić information content (AvgIpc) is 1.61. The van der Waals surface area contributed by atoms with E-state index in [1.165, 1.54) is 0 Å². The van der Waals surface area contributed by atoms with Crippen LogP contribution in [0.1, 0.15) is 84.5 Å².